The van der Waals surface area contributed by atoms with Crippen LogP contribution in [0.1, 0.15) is 17.3 Å². The fraction of sp³-hybridized carbons (Fsp3) is 0.417. The van der Waals surface area contributed by atoms with E-state index in [2.05, 4.69) is 11.7 Å². The lowest BCUT2D eigenvalue weighted by atomic mass is 10.2. The molecule has 0 aliphatic heterocycles. The summed E-state index contributed by atoms with van der Waals surface area (Å²) in [4.78, 5) is 11.5. The Hall–Kier alpha value is -1.36. The highest BCUT2D eigenvalue weighted by Crippen LogP contribution is 2.22. The predicted molar refractivity (Wildman–Crippen MR) is 70.7 cm³/mol. The smallest absolute Gasteiger partial charge is 0.341 e. The number of nitrogen functional groups attached to an aromatic ring is 1. The largest absolute Gasteiger partial charge is 0.492 e. The third kappa shape index (κ3) is 4.19. The van der Waals surface area contributed by atoms with Gasteiger partial charge in [0.05, 0.1) is 13.7 Å². The van der Waals surface area contributed by atoms with Crippen molar-refractivity contribution >= 4 is 23.4 Å². The normalized spacial score (nSPS) is 10.0. The summed E-state index contributed by atoms with van der Waals surface area (Å²) in [5.74, 6) is 2.02. The third-order valence-corrected chi connectivity index (χ3v) is 2.96. The lowest BCUT2D eigenvalue weighted by Gasteiger charge is -2.10. The minimum Gasteiger partial charge on any atom is -0.492 e. The maximum absolute atomic E-state index is 11.5. The number of benzene rings is 1. The van der Waals surface area contributed by atoms with Crippen molar-refractivity contribution in [2.45, 2.75) is 6.92 Å². The molecule has 0 saturated heterocycles. The molecular formula is C12H17NO3S. The van der Waals surface area contributed by atoms with Crippen molar-refractivity contribution in [3.05, 3.63) is 23.8 Å². The monoisotopic (exact) mass is 255 g/mol. The molecule has 0 unspecified atom stereocenters. The zero-order valence-corrected chi connectivity index (χ0v) is 10.9. The average Bonchev–Trinajstić information content (AvgIpc) is 2.35. The van der Waals surface area contributed by atoms with Crippen molar-refractivity contribution < 1.29 is 14.3 Å². The van der Waals surface area contributed by atoms with Gasteiger partial charge < -0.3 is 15.2 Å². The molecular weight excluding hydrogens is 238 g/mol. The van der Waals surface area contributed by atoms with E-state index in [4.69, 9.17) is 10.5 Å². The van der Waals surface area contributed by atoms with Crippen molar-refractivity contribution in [3.63, 3.8) is 0 Å². The van der Waals surface area contributed by atoms with Gasteiger partial charge in [0, 0.05) is 11.4 Å². The second-order valence-electron chi connectivity index (χ2n) is 3.29. The van der Waals surface area contributed by atoms with Crippen LogP contribution in [0, 0.1) is 0 Å². The van der Waals surface area contributed by atoms with Gasteiger partial charge in [-0.2, -0.15) is 11.8 Å². The topological polar surface area (TPSA) is 61.5 Å². The number of thioether (sulfide) groups is 1. The number of carbonyl (C=O) groups is 1. The van der Waals surface area contributed by atoms with E-state index in [0.29, 0.717) is 23.6 Å². The first kappa shape index (κ1) is 13.7. The highest BCUT2D eigenvalue weighted by molar-refractivity contribution is 7.99. The molecule has 0 spiro atoms. The summed E-state index contributed by atoms with van der Waals surface area (Å²) >= 11 is 1.78. The number of nitrogens with two attached hydrogens (primary N) is 1. The second-order valence-corrected chi connectivity index (χ2v) is 4.69. The molecule has 0 saturated carbocycles. The third-order valence-electron chi connectivity index (χ3n) is 2.10. The van der Waals surface area contributed by atoms with Crippen molar-refractivity contribution in [1.29, 1.82) is 0 Å². The van der Waals surface area contributed by atoms with E-state index in [1.807, 2.05) is 0 Å². The molecule has 5 heteroatoms. The first-order valence-corrected chi connectivity index (χ1v) is 6.53. The number of carbonyl (C=O) groups excluding carboxylic acids is 1. The van der Waals surface area contributed by atoms with Crippen molar-refractivity contribution in [1.82, 2.24) is 0 Å². The summed E-state index contributed by atoms with van der Waals surface area (Å²) in [7, 11) is 1.34. The van der Waals surface area contributed by atoms with Gasteiger partial charge in [-0.3, -0.25) is 0 Å². The summed E-state index contributed by atoms with van der Waals surface area (Å²) in [6.07, 6.45) is 0. The van der Waals surface area contributed by atoms with Gasteiger partial charge in [0.2, 0.25) is 0 Å². The number of anilines is 1. The van der Waals surface area contributed by atoms with Crippen molar-refractivity contribution in [3.8, 4) is 5.75 Å². The quantitative estimate of drug-likeness (QED) is 0.479. The van der Waals surface area contributed by atoms with Gasteiger partial charge in [-0.05, 0) is 24.0 Å². The highest BCUT2D eigenvalue weighted by Gasteiger charge is 2.13. The molecule has 0 aliphatic carbocycles. The molecule has 2 N–H and O–H groups in total. The Morgan fingerprint density at radius 2 is 2.24 bits per heavy atom. The fourth-order valence-corrected chi connectivity index (χ4v) is 1.79. The predicted octanol–water partition coefficient (Wildman–Crippen LogP) is 2.19. The minimum absolute atomic E-state index is 0.369. The molecule has 4 nitrogen and oxygen atoms in total. The molecule has 0 aliphatic rings. The Balaban J connectivity index is 2.72. The molecule has 0 atom stereocenters. The van der Waals surface area contributed by atoms with Crippen LogP contribution in [0.5, 0.6) is 5.75 Å². The van der Waals surface area contributed by atoms with Crippen LogP contribution in [0.3, 0.4) is 0 Å². The van der Waals surface area contributed by atoms with Crippen molar-refractivity contribution in [2.75, 3.05) is 31.0 Å². The van der Waals surface area contributed by atoms with Crippen LogP contribution in [0.4, 0.5) is 5.69 Å². The van der Waals surface area contributed by atoms with Gasteiger partial charge in [-0.25, -0.2) is 4.79 Å². The molecule has 17 heavy (non-hydrogen) atoms. The number of hydrogen-bond acceptors (Lipinski definition) is 5. The average molecular weight is 255 g/mol. The van der Waals surface area contributed by atoms with Gasteiger partial charge in [0.25, 0.3) is 0 Å². The summed E-state index contributed by atoms with van der Waals surface area (Å²) in [5.41, 5.74) is 6.51. The Bertz CT molecular complexity index is 382. The lowest BCUT2D eigenvalue weighted by Crippen LogP contribution is -2.08. The SMILES string of the molecule is CCSCCOc1ccc(N)cc1C(=O)OC. The van der Waals surface area contributed by atoms with E-state index in [1.165, 1.54) is 7.11 Å². The summed E-state index contributed by atoms with van der Waals surface area (Å²) < 4.78 is 10.2. The highest BCUT2D eigenvalue weighted by atomic mass is 32.2. The molecule has 1 aromatic carbocycles. The van der Waals surface area contributed by atoms with Crippen LogP contribution >= 0.6 is 11.8 Å². The second kappa shape index (κ2) is 7.06. The number of rotatable bonds is 6. The molecule has 94 valence electrons. The summed E-state index contributed by atoms with van der Waals surface area (Å²) in [6.45, 7) is 2.65. The van der Waals surface area contributed by atoms with Crippen LogP contribution in [0.2, 0.25) is 0 Å². The lowest BCUT2D eigenvalue weighted by molar-refractivity contribution is 0.0596. The standard InChI is InChI=1S/C12H17NO3S/c1-3-17-7-6-16-11-5-4-9(13)8-10(11)12(14)15-2/h4-5,8H,3,6-7,13H2,1-2H3. The fourth-order valence-electron chi connectivity index (χ4n) is 1.30. The summed E-state index contributed by atoms with van der Waals surface area (Å²) in [5, 5.41) is 0. The van der Waals surface area contributed by atoms with Gasteiger partial charge in [0.15, 0.2) is 0 Å². The maximum Gasteiger partial charge on any atom is 0.341 e. The molecule has 0 amide bonds. The molecule has 0 aromatic heterocycles. The van der Waals surface area contributed by atoms with E-state index in [1.54, 1.807) is 30.0 Å². The van der Waals surface area contributed by atoms with Crippen LogP contribution in [0.25, 0.3) is 0 Å². The van der Waals surface area contributed by atoms with Gasteiger partial charge >= 0.3 is 5.97 Å². The van der Waals surface area contributed by atoms with Gasteiger partial charge in [-0.1, -0.05) is 6.92 Å². The van der Waals surface area contributed by atoms with Crippen molar-refractivity contribution in [2.24, 2.45) is 0 Å². The van der Waals surface area contributed by atoms with Crippen LogP contribution in [-0.4, -0.2) is 31.2 Å². The molecule has 0 heterocycles. The number of ether oxygens (including phenoxy) is 2. The van der Waals surface area contributed by atoms with E-state index in [0.717, 1.165) is 11.5 Å². The Morgan fingerprint density at radius 1 is 1.47 bits per heavy atom. The Morgan fingerprint density at radius 3 is 2.88 bits per heavy atom. The zero-order valence-electron chi connectivity index (χ0n) is 10.1. The Labute approximate surface area is 105 Å². The number of esters is 1. The van der Waals surface area contributed by atoms with E-state index < -0.39 is 5.97 Å². The number of methoxy groups -OCH3 is 1. The van der Waals surface area contributed by atoms with Crippen LogP contribution in [-0.2, 0) is 4.74 Å². The maximum atomic E-state index is 11.5. The minimum atomic E-state index is -0.435. The van der Waals surface area contributed by atoms with E-state index >= 15 is 0 Å². The first-order valence-electron chi connectivity index (χ1n) is 5.37. The zero-order chi connectivity index (χ0) is 12.7. The van der Waals surface area contributed by atoms with Crippen LogP contribution in [0.15, 0.2) is 18.2 Å². The first-order chi connectivity index (χ1) is 8.19. The Kier molecular flexibility index (Phi) is 5.69. The molecule has 1 rings (SSSR count). The van der Waals surface area contributed by atoms with E-state index in [9.17, 15) is 4.79 Å². The molecule has 0 radical (unpaired) electrons. The van der Waals surface area contributed by atoms with Crippen LogP contribution < -0.4 is 10.5 Å². The molecule has 0 fully saturated rings. The molecule has 0 bridgehead atoms. The number of hydrogen-bond donors (Lipinski definition) is 1. The summed E-state index contributed by atoms with van der Waals surface area (Å²) in [6, 6.07) is 4.96. The van der Waals surface area contributed by atoms with Gasteiger partial charge in [0.1, 0.15) is 11.3 Å². The molecule has 1 aromatic rings. The van der Waals surface area contributed by atoms with Gasteiger partial charge in [-0.15, -0.1) is 0 Å². The van der Waals surface area contributed by atoms with E-state index in [-0.39, 0.29) is 0 Å².